The van der Waals surface area contributed by atoms with Gasteiger partial charge in [0.2, 0.25) is 5.91 Å². The van der Waals surface area contributed by atoms with Gasteiger partial charge >= 0.3 is 0 Å². The van der Waals surface area contributed by atoms with E-state index in [-0.39, 0.29) is 24.0 Å². The van der Waals surface area contributed by atoms with E-state index in [0.29, 0.717) is 51.2 Å². The Balaban J connectivity index is 1.76. The molecule has 30 heavy (non-hydrogen) atoms. The molecule has 2 atom stereocenters. The standard InChI is InChI=1S/C23H21Cl2NO4/c1-29-13-6-7-20(30-2)15(10-13)12-8-18-22(19(27)9-12)16(11-21(28)26-18)14-4-3-5-17(24)23(14)25/h3-7,10,12,16H,8-9,11H2,1-2H3,(H,26,28). The lowest BCUT2D eigenvalue weighted by Crippen LogP contribution is -2.38. The first-order valence-electron chi connectivity index (χ1n) is 9.64. The van der Waals surface area contributed by atoms with E-state index in [1.807, 2.05) is 24.3 Å². The Morgan fingerprint density at radius 2 is 1.77 bits per heavy atom. The summed E-state index contributed by atoms with van der Waals surface area (Å²) in [5, 5.41) is 3.71. The summed E-state index contributed by atoms with van der Waals surface area (Å²) in [4.78, 5) is 25.8. The third-order valence-corrected chi connectivity index (χ3v) is 6.60. The fraction of sp³-hybridized carbons (Fsp3) is 0.304. The number of carbonyl (C=O) groups is 2. The summed E-state index contributed by atoms with van der Waals surface area (Å²) >= 11 is 12.6. The van der Waals surface area contributed by atoms with Crippen molar-refractivity contribution in [2.45, 2.75) is 31.1 Å². The van der Waals surface area contributed by atoms with Gasteiger partial charge in [-0.2, -0.15) is 0 Å². The van der Waals surface area contributed by atoms with Gasteiger partial charge in [-0.25, -0.2) is 0 Å². The molecule has 1 aliphatic heterocycles. The topological polar surface area (TPSA) is 64.6 Å². The fourth-order valence-electron chi connectivity index (χ4n) is 4.39. The quantitative estimate of drug-likeness (QED) is 0.717. The molecule has 2 aromatic rings. The van der Waals surface area contributed by atoms with Crippen molar-refractivity contribution in [1.82, 2.24) is 5.32 Å². The van der Waals surface area contributed by atoms with Crippen LogP contribution in [0.15, 0.2) is 47.7 Å². The molecular formula is C23H21Cl2NO4. The van der Waals surface area contributed by atoms with Gasteiger partial charge in [-0.05, 0) is 36.2 Å². The van der Waals surface area contributed by atoms with Crippen molar-refractivity contribution in [2.75, 3.05) is 14.2 Å². The molecule has 1 aliphatic carbocycles. The fourth-order valence-corrected chi connectivity index (χ4v) is 4.83. The van der Waals surface area contributed by atoms with Crippen LogP contribution in [0.5, 0.6) is 11.5 Å². The molecule has 2 aromatic carbocycles. The second kappa shape index (κ2) is 8.32. The third kappa shape index (κ3) is 3.68. The Morgan fingerprint density at radius 3 is 2.50 bits per heavy atom. The molecule has 4 rings (SSSR count). The maximum absolute atomic E-state index is 13.3. The molecule has 0 bridgehead atoms. The second-order valence-electron chi connectivity index (χ2n) is 7.48. The highest BCUT2D eigenvalue weighted by atomic mass is 35.5. The number of ether oxygens (including phenoxy) is 2. The molecule has 1 heterocycles. The predicted octanol–water partition coefficient (Wildman–Crippen LogP) is 5.01. The van der Waals surface area contributed by atoms with Crippen LogP contribution in [-0.2, 0) is 9.59 Å². The SMILES string of the molecule is COc1ccc(OC)c(C2CC(=O)C3=C(C2)NC(=O)CC3c2cccc(Cl)c2Cl)c1. The number of amides is 1. The van der Waals surface area contributed by atoms with Crippen LogP contribution >= 0.6 is 23.2 Å². The van der Waals surface area contributed by atoms with Gasteiger partial charge in [0.1, 0.15) is 11.5 Å². The lowest BCUT2D eigenvalue weighted by Gasteiger charge is -2.35. The number of nitrogens with one attached hydrogen (secondary N) is 1. The third-order valence-electron chi connectivity index (χ3n) is 5.77. The van der Waals surface area contributed by atoms with Gasteiger partial charge in [-0.1, -0.05) is 35.3 Å². The predicted molar refractivity (Wildman–Crippen MR) is 116 cm³/mol. The number of rotatable bonds is 4. The first-order valence-corrected chi connectivity index (χ1v) is 10.4. The van der Waals surface area contributed by atoms with Gasteiger partial charge in [-0.15, -0.1) is 0 Å². The van der Waals surface area contributed by atoms with Crippen LogP contribution in [0.2, 0.25) is 10.0 Å². The maximum atomic E-state index is 13.3. The van der Waals surface area contributed by atoms with Gasteiger partial charge in [0, 0.05) is 41.5 Å². The van der Waals surface area contributed by atoms with Gasteiger partial charge in [0.05, 0.1) is 24.3 Å². The average molecular weight is 446 g/mol. The average Bonchev–Trinajstić information content (AvgIpc) is 2.74. The van der Waals surface area contributed by atoms with E-state index in [9.17, 15) is 9.59 Å². The number of Topliss-reactive ketones (excluding diaryl/α,β-unsaturated/α-hetero) is 1. The summed E-state index contributed by atoms with van der Waals surface area (Å²) in [5.41, 5.74) is 2.86. The van der Waals surface area contributed by atoms with Crippen molar-refractivity contribution in [2.24, 2.45) is 0 Å². The van der Waals surface area contributed by atoms with E-state index in [2.05, 4.69) is 5.32 Å². The molecule has 2 unspecified atom stereocenters. The van der Waals surface area contributed by atoms with E-state index >= 15 is 0 Å². The second-order valence-corrected chi connectivity index (χ2v) is 8.26. The first kappa shape index (κ1) is 20.8. The number of hydrogen-bond donors (Lipinski definition) is 1. The zero-order valence-corrected chi connectivity index (χ0v) is 18.1. The maximum Gasteiger partial charge on any atom is 0.225 e. The molecule has 7 heteroatoms. The van der Waals surface area contributed by atoms with Crippen molar-refractivity contribution >= 4 is 34.9 Å². The van der Waals surface area contributed by atoms with E-state index < -0.39 is 5.92 Å². The number of halogens is 2. The zero-order chi connectivity index (χ0) is 21.4. The molecule has 0 fully saturated rings. The zero-order valence-electron chi connectivity index (χ0n) is 16.6. The Morgan fingerprint density at radius 1 is 0.967 bits per heavy atom. The molecule has 0 spiro atoms. The van der Waals surface area contributed by atoms with Crippen LogP contribution in [-0.4, -0.2) is 25.9 Å². The van der Waals surface area contributed by atoms with Crippen LogP contribution in [0, 0.1) is 0 Å². The number of carbonyl (C=O) groups excluding carboxylic acids is 2. The summed E-state index contributed by atoms with van der Waals surface area (Å²) in [6.07, 6.45) is 0.996. The highest BCUT2D eigenvalue weighted by Gasteiger charge is 2.39. The number of allylic oxidation sites excluding steroid dienone is 2. The van der Waals surface area contributed by atoms with Crippen molar-refractivity contribution in [3.05, 3.63) is 68.8 Å². The Hall–Kier alpha value is -2.50. The first-order chi connectivity index (χ1) is 14.4. The lowest BCUT2D eigenvalue weighted by molar-refractivity contribution is -0.122. The molecule has 156 valence electrons. The van der Waals surface area contributed by atoms with Crippen LogP contribution in [0.1, 0.15) is 42.2 Å². The molecule has 1 N–H and O–H groups in total. The Kier molecular flexibility index (Phi) is 5.76. The number of hydrogen-bond acceptors (Lipinski definition) is 4. The van der Waals surface area contributed by atoms with Crippen molar-refractivity contribution < 1.29 is 19.1 Å². The van der Waals surface area contributed by atoms with Gasteiger partial charge < -0.3 is 14.8 Å². The normalized spacial score (nSPS) is 21.2. The lowest BCUT2D eigenvalue weighted by atomic mass is 9.73. The van der Waals surface area contributed by atoms with E-state index in [4.69, 9.17) is 32.7 Å². The van der Waals surface area contributed by atoms with Gasteiger partial charge in [0.15, 0.2) is 5.78 Å². The molecular weight excluding hydrogens is 425 g/mol. The summed E-state index contributed by atoms with van der Waals surface area (Å²) in [6.45, 7) is 0. The number of ketones is 1. The van der Waals surface area contributed by atoms with Crippen molar-refractivity contribution in [1.29, 1.82) is 0 Å². The molecule has 0 saturated heterocycles. The highest BCUT2D eigenvalue weighted by Crippen LogP contribution is 2.46. The minimum atomic E-state index is -0.402. The summed E-state index contributed by atoms with van der Waals surface area (Å²) < 4.78 is 10.9. The largest absolute Gasteiger partial charge is 0.497 e. The minimum Gasteiger partial charge on any atom is -0.497 e. The Labute approximate surface area is 185 Å². The highest BCUT2D eigenvalue weighted by molar-refractivity contribution is 6.42. The summed E-state index contributed by atoms with van der Waals surface area (Å²) in [5.74, 6) is 0.701. The van der Waals surface area contributed by atoms with Crippen LogP contribution in [0.25, 0.3) is 0 Å². The molecule has 0 saturated carbocycles. The summed E-state index contributed by atoms with van der Waals surface area (Å²) in [7, 11) is 3.19. The monoisotopic (exact) mass is 445 g/mol. The van der Waals surface area contributed by atoms with Crippen molar-refractivity contribution in [3.8, 4) is 11.5 Å². The Bertz CT molecular complexity index is 1060. The smallest absolute Gasteiger partial charge is 0.225 e. The van der Waals surface area contributed by atoms with Crippen LogP contribution in [0.4, 0.5) is 0 Å². The van der Waals surface area contributed by atoms with Gasteiger partial charge in [-0.3, -0.25) is 9.59 Å². The van der Waals surface area contributed by atoms with E-state index in [1.54, 1.807) is 26.4 Å². The number of methoxy groups -OCH3 is 2. The molecule has 2 aliphatic rings. The molecule has 0 radical (unpaired) electrons. The van der Waals surface area contributed by atoms with Crippen LogP contribution < -0.4 is 14.8 Å². The van der Waals surface area contributed by atoms with E-state index in [1.165, 1.54) is 0 Å². The van der Waals surface area contributed by atoms with Gasteiger partial charge in [0.25, 0.3) is 0 Å². The molecule has 1 amide bonds. The van der Waals surface area contributed by atoms with Crippen LogP contribution in [0.3, 0.4) is 0 Å². The summed E-state index contributed by atoms with van der Waals surface area (Å²) in [6, 6.07) is 10.8. The minimum absolute atomic E-state index is 0.00725. The molecule has 0 aromatic heterocycles. The van der Waals surface area contributed by atoms with E-state index in [0.717, 1.165) is 5.56 Å². The number of benzene rings is 2. The van der Waals surface area contributed by atoms with Crippen molar-refractivity contribution in [3.63, 3.8) is 0 Å². The molecule has 5 nitrogen and oxygen atoms in total.